The molecule has 0 saturated heterocycles. The third-order valence-corrected chi connectivity index (χ3v) is 3.76. The number of aliphatic hydroxyl groups is 1. The van der Waals surface area contributed by atoms with Gasteiger partial charge in [-0.3, -0.25) is 4.79 Å². The summed E-state index contributed by atoms with van der Waals surface area (Å²) in [5.41, 5.74) is 2.15. The van der Waals surface area contributed by atoms with Crippen LogP contribution in [0.1, 0.15) is 45.1 Å². The Labute approximate surface area is 126 Å². The average Bonchev–Trinajstić information content (AvgIpc) is 2.42. The van der Waals surface area contributed by atoms with E-state index in [1.165, 1.54) is 0 Å². The number of carbonyl (C=O) groups is 1. The Morgan fingerprint density at radius 2 is 2.14 bits per heavy atom. The largest absolute Gasteiger partial charge is 0.391 e. The predicted octanol–water partition coefficient (Wildman–Crippen LogP) is 2.50. The summed E-state index contributed by atoms with van der Waals surface area (Å²) in [7, 11) is 0. The van der Waals surface area contributed by atoms with E-state index in [2.05, 4.69) is 31.4 Å². The van der Waals surface area contributed by atoms with Gasteiger partial charge in [-0.1, -0.05) is 39.0 Å². The number of nitrogens with one attached hydrogen (secondary N) is 2. The van der Waals surface area contributed by atoms with Gasteiger partial charge in [-0.05, 0) is 29.9 Å². The van der Waals surface area contributed by atoms with Gasteiger partial charge in [-0.25, -0.2) is 0 Å². The van der Waals surface area contributed by atoms with E-state index in [-0.39, 0.29) is 17.2 Å². The van der Waals surface area contributed by atoms with Crippen molar-refractivity contribution in [3.05, 3.63) is 29.8 Å². The summed E-state index contributed by atoms with van der Waals surface area (Å²) in [5.74, 6) is -0.110. The minimum absolute atomic E-state index is 0.0110. The van der Waals surface area contributed by atoms with Crippen molar-refractivity contribution in [1.82, 2.24) is 5.32 Å². The molecule has 2 rings (SSSR count). The lowest BCUT2D eigenvalue weighted by Gasteiger charge is -2.27. The maximum Gasteiger partial charge on any atom is 0.227 e. The van der Waals surface area contributed by atoms with Crippen LogP contribution in [0, 0.1) is 5.41 Å². The standard InChI is InChI=1S/C17H26N2O2/c1-17(2,3)10-12(20)11-19-16(21)14-8-9-18-15-7-5-4-6-13(14)15/h4-7,12,14,18,20H,8-11H2,1-3H3,(H,19,21). The maximum absolute atomic E-state index is 12.4. The van der Waals surface area contributed by atoms with Crippen molar-refractivity contribution in [3.63, 3.8) is 0 Å². The van der Waals surface area contributed by atoms with Crippen molar-refractivity contribution in [2.75, 3.05) is 18.4 Å². The lowest BCUT2D eigenvalue weighted by molar-refractivity contribution is -0.123. The van der Waals surface area contributed by atoms with Crippen molar-refractivity contribution in [2.45, 2.75) is 45.6 Å². The van der Waals surface area contributed by atoms with Crippen LogP contribution in [-0.2, 0) is 4.79 Å². The first-order valence-electron chi connectivity index (χ1n) is 7.65. The fraction of sp³-hybridized carbons (Fsp3) is 0.588. The number of amides is 1. The normalized spacial score (nSPS) is 19.3. The molecule has 0 radical (unpaired) electrons. The molecule has 0 fully saturated rings. The van der Waals surface area contributed by atoms with E-state index in [4.69, 9.17) is 0 Å². The van der Waals surface area contributed by atoms with E-state index in [9.17, 15) is 9.90 Å². The number of aliphatic hydroxyl groups excluding tert-OH is 1. The Morgan fingerprint density at radius 3 is 2.86 bits per heavy atom. The molecule has 0 aromatic heterocycles. The molecule has 0 saturated carbocycles. The second-order valence-electron chi connectivity index (χ2n) is 7.02. The monoisotopic (exact) mass is 290 g/mol. The molecule has 21 heavy (non-hydrogen) atoms. The number of hydrogen-bond donors (Lipinski definition) is 3. The highest BCUT2D eigenvalue weighted by molar-refractivity contribution is 5.86. The molecule has 2 unspecified atom stereocenters. The molecule has 1 aliphatic rings. The van der Waals surface area contributed by atoms with E-state index in [0.717, 1.165) is 24.2 Å². The van der Waals surface area contributed by atoms with Gasteiger partial charge in [0.25, 0.3) is 0 Å². The van der Waals surface area contributed by atoms with Crippen LogP contribution in [0.5, 0.6) is 0 Å². The summed E-state index contributed by atoms with van der Waals surface area (Å²) in [4.78, 5) is 12.4. The molecule has 3 N–H and O–H groups in total. The van der Waals surface area contributed by atoms with Crippen molar-refractivity contribution in [1.29, 1.82) is 0 Å². The van der Waals surface area contributed by atoms with Crippen LogP contribution in [0.2, 0.25) is 0 Å². The van der Waals surface area contributed by atoms with Crippen LogP contribution in [0.15, 0.2) is 24.3 Å². The number of carbonyl (C=O) groups excluding carboxylic acids is 1. The fourth-order valence-corrected chi connectivity index (χ4v) is 2.86. The van der Waals surface area contributed by atoms with Crippen molar-refractivity contribution >= 4 is 11.6 Å². The lowest BCUT2D eigenvalue weighted by atomic mass is 9.88. The second-order valence-corrected chi connectivity index (χ2v) is 7.02. The minimum atomic E-state index is -0.495. The highest BCUT2D eigenvalue weighted by Gasteiger charge is 2.26. The zero-order valence-corrected chi connectivity index (χ0v) is 13.1. The highest BCUT2D eigenvalue weighted by atomic mass is 16.3. The van der Waals surface area contributed by atoms with Crippen LogP contribution in [0.25, 0.3) is 0 Å². The van der Waals surface area contributed by atoms with Gasteiger partial charge < -0.3 is 15.7 Å². The molecule has 116 valence electrons. The summed E-state index contributed by atoms with van der Waals surface area (Å²) in [6.45, 7) is 7.38. The van der Waals surface area contributed by atoms with Gasteiger partial charge in [-0.15, -0.1) is 0 Å². The molecule has 0 aliphatic carbocycles. The summed E-state index contributed by atoms with van der Waals surface area (Å²) >= 11 is 0. The van der Waals surface area contributed by atoms with Crippen LogP contribution >= 0.6 is 0 Å². The Hall–Kier alpha value is -1.55. The van der Waals surface area contributed by atoms with Gasteiger partial charge in [0.2, 0.25) is 5.91 Å². The van der Waals surface area contributed by atoms with E-state index >= 15 is 0 Å². The van der Waals surface area contributed by atoms with Gasteiger partial charge >= 0.3 is 0 Å². The Morgan fingerprint density at radius 1 is 1.43 bits per heavy atom. The van der Waals surface area contributed by atoms with Crippen molar-refractivity contribution in [3.8, 4) is 0 Å². The Balaban J connectivity index is 1.93. The first kappa shape index (κ1) is 15.8. The number of anilines is 1. The molecule has 1 amide bonds. The molecule has 4 heteroatoms. The third-order valence-electron chi connectivity index (χ3n) is 3.76. The van der Waals surface area contributed by atoms with Gasteiger partial charge in [0.1, 0.15) is 0 Å². The molecular weight excluding hydrogens is 264 g/mol. The fourth-order valence-electron chi connectivity index (χ4n) is 2.86. The van der Waals surface area contributed by atoms with E-state index in [1.807, 2.05) is 24.3 Å². The second kappa shape index (κ2) is 6.48. The van der Waals surface area contributed by atoms with Crippen molar-refractivity contribution < 1.29 is 9.90 Å². The van der Waals surface area contributed by atoms with Gasteiger partial charge in [-0.2, -0.15) is 0 Å². The Kier molecular flexibility index (Phi) is 4.88. The van der Waals surface area contributed by atoms with Crippen LogP contribution in [0.3, 0.4) is 0 Å². The molecule has 1 aromatic rings. The van der Waals surface area contributed by atoms with Gasteiger partial charge in [0.15, 0.2) is 0 Å². The number of para-hydroxylation sites is 1. The molecule has 1 aromatic carbocycles. The predicted molar refractivity (Wildman–Crippen MR) is 85.4 cm³/mol. The zero-order valence-electron chi connectivity index (χ0n) is 13.1. The van der Waals surface area contributed by atoms with Crippen LogP contribution < -0.4 is 10.6 Å². The molecule has 2 atom stereocenters. The van der Waals surface area contributed by atoms with Gasteiger partial charge in [0, 0.05) is 18.8 Å². The molecule has 1 aliphatic heterocycles. The molecular formula is C17H26N2O2. The quantitative estimate of drug-likeness (QED) is 0.798. The van der Waals surface area contributed by atoms with E-state index < -0.39 is 6.10 Å². The summed E-state index contributed by atoms with van der Waals surface area (Å²) in [5, 5.41) is 16.2. The van der Waals surface area contributed by atoms with E-state index in [1.54, 1.807) is 0 Å². The van der Waals surface area contributed by atoms with E-state index in [0.29, 0.717) is 13.0 Å². The average molecular weight is 290 g/mol. The van der Waals surface area contributed by atoms with Crippen LogP contribution in [-0.4, -0.2) is 30.2 Å². The number of benzene rings is 1. The maximum atomic E-state index is 12.4. The zero-order chi connectivity index (χ0) is 15.5. The summed E-state index contributed by atoms with van der Waals surface area (Å²) in [6.07, 6.45) is 0.972. The highest BCUT2D eigenvalue weighted by Crippen LogP contribution is 2.31. The molecule has 0 spiro atoms. The van der Waals surface area contributed by atoms with Crippen molar-refractivity contribution in [2.24, 2.45) is 5.41 Å². The SMILES string of the molecule is CC(C)(C)CC(O)CNC(=O)C1CCNc2ccccc21. The molecule has 0 bridgehead atoms. The number of hydrogen-bond acceptors (Lipinski definition) is 3. The summed E-state index contributed by atoms with van der Waals surface area (Å²) in [6, 6.07) is 7.93. The van der Waals surface area contributed by atoms with Gasteiger partial charge in [0.05, 0.1) is 12.0 Å². The molecule has 4 nitrogen and oxygen atoms in total. The smallest absolute Gasteiger partial charge is 0.227 e. The number of rotatable bonds is 4. The Bertz CT molecular complexity index is 494. The first-order chi connectivity index (χ1) is 9.87. The molecule has 1 heterocycles. The first-order valence-corrected chi connectivity index (χ1v) is 7.65. The minimum Gasteiger partial charge on any atom is -0.391 e. The summed E-state index contributed by atoms with van der Waals surface area (Å²) < 4.78 is 0. The topological polar surface area (TPSA) is 61.4 Å². The lowest BCUT2D eigenvalue weighted by Crippen LogP contribution is -2.38. The third kappa shape index (κ3) is 4.46. The van der Waals surface area contributed by atoms with Crippen LogP contribution in [0.4, 0.5) is 5.69 Å². The number of fused-ring (bicyclic) bond motifs is 1.